The van der Waals surface area contributed by atoms with Gasteiger partial charge in [0.2, 0.25) is 0 Å². The average molecular weight is 521 g/mol. The van der Waals surface area contributed by atoms with Crippen LogP contribution in [-0.2, 0) is 52.3 Å². The van der Waals surface area contributed by atoms with Crippen LogP contribution in [0.25, 0.3) is 0 Å². The lowest BCUT2D eigenvalue weighted by Crippen LogP contribution is -2.66. The van der Waals surface area contributed by atoms with Gasteiger partial charge < -0.3 is 33.2 Å². The molecule has 1 saturated heterocycles. The van der Waals surface area contributed by atoms with E-state index in [4.69, 9.17) is 33.2 Å². The van der Waals surface area contributed by atoms with Gasteiger partial charge in [-0.1, -0.05) is 0 Å². The molecule has 0 amide bonds. The number of carbonyl (C=O) groups is 4. The van der Waals surface area contributed by atoms with Crippen LogP contribution in [0.3, 0.4) is 0 Å². The van der Waals surface area contributed by atoms with Crippen LogP contribution in [0.1, 0.15) is 40.5 Å². The van der Waals surface area contributed by atoms with Crippen LogP contribution in [0.15, 0.2) is 23.7 Å². The molecule has 2 aliphatic carbocycles. The first-order valence-corrected chi connectivity index (χ1v) is 12.5. The fourth-order valence-corrected chi connectivity index (χ4v) is 7.06. The van der Waals surface area contributed by atoms with Gasteiger partial charge in [-0.05, 0) is 27.7 Å². The second kappa shape index (κ2) is 8.75. The number of hydrogen-bond donors (Lipinski definition) is 0. The number of esters is 4. The Bertz CT molecular complexity index is 1010. The van der Waals surface area contributed by atoms with E-state index in [0.717, 1.165) is 0 Å². The van der Waals surface area contributed by atoms with Crippen molar-refractivity contribution in [2.24, 2.45) is 22.7 Å². The van der Waals surface area contributed by atoms with Crippen molar-refractivity contribution >= 4 is 23.9 Å². The summed E-state index contributed by atoms with van der Waals surface area (Å²) in [6.07, 6.45) is 3.06. The summed E-state index contributed by atoms with van der Waals surface area (Å²) in [7, 11) is 0. The molecule has 0 radical (unpaired) electrons. The Morgan fingerprint density at radius 3 is 1.38 bits per heavy atom. The third-order valence-electron chi connectivity index (χ3n) is 8.16. The van der Waals surface area contributed by atoms with E-state index in [1.165, 1.54) is 12.2 Å². The van der Waals surface area contributed by atoms with E-state index < -0.39 is 57.7 Å². The molecular formula is C26H32O11. The minimum absolute atomic E-state index is 0.136. The highest BCUT2D eigenvalue weighted by Gasteiger charge is 2.70. The van der Waals surface area contributed by atoms with E-state index in [0.29, 0.717) is 11.5 Å². The average Bonchev–Trinajstić information content (AvgIpc) is 2.77. The number of rotatable bonds is 0. The van der Waals surface area contributed by atoms with Crippen molar-refractivity contribution in [3.05, 3.63) is 23.7 Å². The smallest absolute Gasteiger partial charge is 0.334 e. The number of ether oxygens (including phenoxy) is 7. The molecule has 5 rings (SSSR count). The SMILES string of the molecule is CC12CC3(C)C(=O)OCCOC(=O)C4(C)CC5(C)OC(=O)C=C(OCCOCCOC(=CC(=O)O1)C23)C54. The Morgan fingerprint density at radius 1 is 0.595 bits per heavy atom. The minimum Gasteiger partial charge on any atom is -0.495 e. The van der Waals surface area contributed by atoms with Crippen molar-refractivity contribution in [3.8, 4) is 0 Å². The molecule has 3 aliphatic heterocycles. The predicted octanol–water partition coefficient (Wildman–Crippen LogP) is 1.59. The molecule has 0 bridgehead atoms. The standard InChI is InChI=1S/C26H32O11/c1-23-13-25(3)19(23)15(11-17(27)36-25)32-7-5-31-6-8-33-16-12-18(28)37-26(4)14-24(2,20(16)26)22(30)35-10-9-34-21(23)29/h11-12,19-20H,5-10,13-14H2,1-4H3. The lowest BCUT2D eigenvalue weighted by atomic mass is 9.51. The molecule has 6 unspecified atom stereocenters. The molecule has 0 aromatic heterocycles. The Kier molecular flexibility index (Phi) is 6.04. The summed E-state index contributed by atoms with van der Waals surface area (Å²) >= 11 is 0. The predicted molar refractivity (Wildman–Crippen MR) is 122 cm³/mol. The lowest BCUT2D eigenvalue weighted by molar-refractivity contribution is -0.229. The molecule has 0 spiro atoms. The quantitative estimate of drug-likeness (QED) is 0.341. The van der Waals surface area contributed by atoms with Crippen LogP contribution in [0.2, 0.25) is 0 Å². The minimum atomic E-state index is -0.976. The third kappa shape index (κ3) is 4.07. The van der Waals surface area contributed by atoms with E-state index in [1.807, 2.05) is 0 Å². The van der Waals surface area contributed by atoms with Crippen molar-refractivity contribution in [3.63, 3.8) is 0 Å². The number of hydrogen-bond acceptors (Lipinski definition) is 11. The number of cyclic esters (lactones) is 2. The topological polar surface area (TPSA) is 133 Å². The summed E-state index contributed by atoms with van der Waals surface area (Å²) in [5, 5.41) is 0. The van der Waals surface area contributed by atoms with Crippen LogP contribution in [0.4, 0.5) is 0 Å². The first kappa shape index (κ1) is 25.6. The van der Waals surface area contributed by atoms with Crippen molar-refractivity contribution in [2.45, 2.75) is 51.7 Å². The summed E-state index contributed by atoms with van der Waals surface area (Å²) in [4.78, 5) is 50.4. The second-order valence-electron chi connectivity index (χ2n) is 11.2. The summed E-state index contributed by atoms with van der Waals surface area (Å²) < 4.78 is 39.3. The summed E-state index contributed by atoms with van der Waals surface area (Å²) in [6, 6.07) is 0. The molecule has 3 fully saturated rings. The maximum absolute atomic E-state index is 13.1. The molecule has 0 aromatic carbocycles. The summed E-state index contributed by atoms with van der Waals surface area (Å²) in [5.74, 6) is -2.38. The van der Waals surface area contributed by atoms with Gasteiger partial charge in [-0.15, -0.1) is 0 Å². The molecule has 202 valence electrons. The Labute approximate surface area is 214 Å². The largest absolute Gasteiger partial charge is 0.495 e. The molecule has 5 aliphatic rings. The second-order valence-corrected chi connectivity index (χ2v) is 11.2. The van der Waals surface area contributed by atoms with Crippen molar-refractivity contribution in [1.29, 1.82) is 0 Å². The highest BCUT2D eigenvalue weighted by molar-refractivity contribution is 5.88. The van der Waals surface area contributed by atoms with Gasteiger partial charge in [0.1, 0.15) is 49.1 Å². The molecule has 0 aromatic rings. The van der Waals surface area contributed by atoms with E-state index in [-0.39, 0.29) is 52.5 Å². The van der Waals surface area contributed by atoms with Crippen molar-refractivity contribution in [2.75, 3.05) is 39.6 Å². The third-order valence-corrected chi connectivity index (χ3v) is 8.16. The fourth-order valence-electron chi connectivity index (χ4n) is 7.06. The number of carbonyl (C=O) groups excluding carboxylic acids is 4. The molecule has 11 heteroatoms. The molecule has 3 heterocycles. The van der Waals surface area contributed by atoms with Gasteiger partial charge in [0.05, 0.1) is 48.0 Å². The monoisotopic (exact) mass is 520 g/mol. The maximum atomic E-state index is 13.1. The van der Waals surface area contributed by atoms with Crippen LogP contribution in [0.5, 0.6) is 0 Å². The Morgan fingerprint density at radius 2 is 0.973 bits per heavy atom. The van der Waals surface area contributed by atoms with E-state index in [2.05, 4.69) is 0 Å². The van der Waals surface area contributed by atoms with Gasteiger partial charge in [-0.25, -0.2) is 9.59 Å². The Balaban J connectivity index is 1.34. The maximum Gasteiger partial charge on any atom is 0.334 e. The highest BCUT2D eigenvalue weighted by Crippen LogP contribution is 2.62. The summed E-state index contributed by atoms with van der Waals surface area (Å²) in [6.45, 7) is 7.44. The van der Waals surface area contributed by atoms with Gasteiger partial charge in [0, 0.05) is 12.8 Å². The zero-order chi connectivity index (χ0) is 26.6. The molecule has 0 N–H and O–H groups in total. The van der Waals surface area contributed by atoms with Gasteiger partial charge in [0.15, 0.2) is 0 Å². The fraction of sp³-hybridized carbons (Fsp3) is 0.692. The molecular weight excluding hydrogens is 488 g/mol. The van der Waals surface area contributed by atoms with E-state index in [9.17, 15) is 19.2 Å². The Hall–Kier alpha value is -3.08. The van der Waals surface area contributed by atoms with Gasteiger partial charge >= 0.3 is 23.9 Å². The van der Waals surface area contributed by atoms with E-state index >= 15 is 0 Å². The molecule has 37 heavy (non-hydrogen) atoms. The first-order chi connectivity index (χ1) is 17.4. The molecule has 6 atom stereocenters. The highest BCUT2D eigenvalue weighted by atomic mass is 16.6. The normalized spacial score (nSPS) is 42.3. The van der Waals surface area contributed by atoms with Gasteiger partial charge in [-0.2, -0.15) is 0 Å². The van der Waals surface area contributed by atoms with Gasteiger partial charge in [0.25, 0.3) is 0 Å². The molecule has 2 saturated carbocycles. The van der Waals surface area contributed by atoms with E-state index in [1.54, 1.807) is 27.7 Å². The van der Waals surface area contributed by atoms with Crippen LogP contribution >= 0.6 is 0 Å². The van der Waals surface area contributed by atoms with Crippen LogP contribution in [-0.4, -0.2) is 74.7 Å². The molecule has 11 nitrogen and oxygen atoms in total. The summed E-state index contributed by atoms with van der Waals surface area (Å²) in [5.41, 5.74) is -3.72. The first-order valence-electron chi connectivity index (χ1n) is 12.5. The van der Waals surface area contributed by atoms with Crippen molar-refractivity contribution < 1.29 is 52.3 Å². The van der Waals surface area contributed by atoms with Crippen LogP contribution < -0.4 is 0 Å². The van der Waals surface area contributed by atoms with Crippen molar-refractivity contribution in [1.82, 2.24) is 0 Å². The van der Waals surface area contributed by atoms with Crippen LogP contribution in [0, 0.1) is 22.7 Å². The zero-order valence-corrected chi connectivity index (χ0v) is 21.5. The van der Waals surface area contributed by atoms with Gasteiger partial charge in [-0.3, -0.25) is 9.59 Å². The lowest BCUT2D eigenvalue weighted by Gasteiger charge is -2.58. The zero-order valence-electron chi connectivity index (χ0n) is 21.5.